The smallest absolute Gasteiger partial charge is 0.0965 e. The van der Waals surface area contributed by atoms with Gasteiger partial charge in [0.15, 0.2) is 0 Å². The Morgan fingerprint density at radius 1 is 1.43 bits per heavy atom. The number of aromatic nitrogens is 2. The van der Waals surface area contributed by atoms with Crippen LogP contribution in [0.3, 0.4) is 0 Å². The van der Waals surface area contributed by atoms with Gasteiger partial charge in [0.25, 0.3) is 0 Å². The topological polar surface area (TPSA) is 48.3 Å². The molecule has 2 rings (SSSR count). The van der Waals surface area contributed by atoms with Crippen molar-refractivity contribution in [3.05, 3.63) is 15.9 Å². The van der Waals surface area contributed by atoms with Crippen LogP contribution in [0.25, 0.3) is 0 Å². The normalized spacial score (nSPS) is 20.7. The molecule has 1 saturated heterocycles. The van der Waals surface area contributed by atoms with Crippen LogP contribution in [0.2, 0.25) is 0 Å². The number of nitrogens with zero attached hydrogens (tertiary/aromatic N) is 2. The predicted molar refractivity (Wildman–Crippen MR) is 86.6 cm³/mol. The van der Waals surface area contributed by atoms with Gasteiger partial charge in [-0.2, -0.15) is 5.10 Å². The summed E-state index contributed by atoms with van der Waals surface area (Å²) in [6.45, 7) is 7.34. The van der Waals surface area contributed by atoms with Crippen molar-refractivity contribution in [3.8, 4) is 0 Å². The van der Waals surface area contributed by atoms with Crippen LogP contribution in [-0.2, 0) is 29.4 Å². The lowest BCUT2D eigenvalue weighted by molar-refractivity contribution is -0.101. The summed E-state index contributed by atoms with van der Waals surface area (Å²) in [4.78, 5) is 0. The Kier molecular flexibility index (Phi) is 6.67. The summed E-state index contributed by atoms with van der Waals surface area (Å²) in [7, 11) is 2.01. The van der Waals surface area contributed by atoms with Crippen LogP contribution >= 0.6 is 15.9 Å². The average molecular weight is 360 g/mol. The molecule has 0 bridgehead atoms. The van der Waals surface area contributed by atoms with E-state index in [1.807, 2.05) is 11.7 Å². The average Bonchev–Trinajstić information content (AvgIpc) is 2.79. The van der Waals surface area contributed by atoms with E-state index in [1.54, 1.807) is 0 Å². The Morgan fingerprint density at radius 2 is 2.24 bits per heavy atom. The van der Waals surface area contributed by atoms with Gasteiger partial charge >= 0.3 is 0 Å². The van der Waals surface area contributed by atoms with E-state index in [0.717, 1.165) is 36.0 Å². The van der Waals surface area contributed by atoms with Gasteiger partial charge < -0.3 is 14.8 Å². The van der Waals surface area contributed by atoms with Crippen LogP contribution in [0.1, 0.15) is 31.7 Å². The number of halogens is 1. The summed E-state index contributed by atoms with van der Waals surface area (Å²) < 4.78 is 14.6. The van der Waals surface area contributed by atoms with Gasteiger partial charge in [-0.15, -0.1) is 0 Å². The van der Waals surface area contributed by atoms with Crippen LogP contribution in [0, 0.1) is 0 Å². The van der Waals surface area contributed by atoms with Crippen molar-refractivity contribution in [2.75, 3.05) is 26.4 Å². The Hall–Kier alpha value is -0.430. The fraction of sp³-hybridized carbons (Fsp3) is 0.800. The van der Waals surface area contributed by atoms with Crippen molar-refractivity contribution >= 4 is 15.9 Å². The molecule has 1 aliphatic heterocycles. The number of nitrogens with one attached hydrogen (secondary N) is 1. The summed E-state index contributed by atoms with van der Waals surface area (Å²) >= 11 is 3.70. The molecule has 1 aliphatic rings. The van der Waals surface area contributed by atoms with Crippen molar-refractivity contribution in [2.45, 2.75) is 45.3 Å². The van der Waals surface area contributed by atoms with Crippen LogP contribution in [-0.4, -0.2) is 48.3 Å². The summed E-state index contributed by atoms with van der Waals surface area (Å²) in [5.41, 5.74) is 2.33. The predicted octanol–water partition coefficient (Wildman–Crippen LogP) is 2.07. The first-order chi connectivity index (χ1) is 10.2. The van der Waals surface area contributed by atoms with Crippen molar-refractivity contribution < 1.29 is 9.47 Å². The minimum Gasteiger partial charge on any atom is -0.376 e. The zero-order chi connectivity index (χ0) is 15.2. The quantitative estimate of drug-likeness (QED) is 0.809. The lowest BCUT2D eigenvalue weighted by Gasteiger charge is -2.31. The van der Waals surface area contributed by atoms with Gasteiger partial charge in [-0.1, -0.05) is 13.8 Å². The maximum absolute atomic E-state index is 5.89. The molecule has 6 heteroatoms. The van der Waals surface area contributed by atoms with Crippen LogP contribution < -0.4 is 5.32 Å². The Balaban J connectivity index is 2.11. The number of ether oxygens (including phenoxy) is 2. The van der Waals surface area contributed by atoms with Gasteiger partial charge in [0.2, 0.25) is 0 Å². The zero-order valence-corrected chi connectivity index (χ0v) is 14.8. The van der Waals surface area contributed by atoms with Crippen LogP contribution in [0.15, 0.2) is 4.47 Å². The SMILES string of the molecule is CCCNC(Cc1c(Br)c(CC)nn1C)C1COCCO1. The molecule has 21 heavy (non-hydrogen) atoms. The maximum atomic E-state index is 5.89. The van der Waals surface area contributed by atoms with E-state index in [4.69, 9.17) is 9.47 Å². The number of hydrogen-bond acceptors (Lipinski definition) is 4. The third-order valence-electron chi connectivity index (χ3n) is 3.86. The van der Waals surface area contributed by atoms with E-state index >= 15 is 0 Å². The first kappa shape index (κ1) is 16.9. The summed E-state index contributed by atoms with van der Waals surface area (Å²) in [6.07, 6.45) is 3.04. The van der Waals surface area contributed by atoms with Crippen molar-refractivity contribution in [2.24, 2.45) is 7.05 Å². The molecule has 2 heterocycles. The van der Waals surface area contributed by atoms with Crippen molar-refractivity contribution in [1.29, 1.82) is 0 Å². The standard InChI is InChI=1S/C15H26BrN3O2/c1-4-6-17-12(14-10-20-7-8-21-14)9-13-15(16)11(5-2)18-19(13)3/h12,14,17H,4-10H2,1-3H3. The minimum absolute atomic E-state index is 0.108. The molecular weight excluding hydrogens is 334 g/mol. The minimum atomic E-state index is 0.108. The molecule has 2 unspecified atom stereocenters. The van der Waals surface area contributed by atoms with E-state index in [0.29, 0.717) is 19.8 Å². The molecule has 0 spiro atoms. The fourth-order valence-corrected chi connectivity index (χ4v) is 3.43. The van der Waals surface area contributed by atoms with Gasteiger partial charge in [-0.05, 0) is 35.3 Å². The molecule has 0 saturated carbocycles. The highest BCUT2D eigenvalue weighted by atomic mass is 79.9. The Labute approximate surface area is 135 Å². The highest BCUT2D eigenvalue weighted by Crippen LogP contribution is 2.24. The Morgan fingerprint density at radius 3 is 2.81 bits per heavy atom. The van der Waals surface area contributed by atoms with Gasteiger partial charge in [0.1, 0.15) is 0 Å². The molecule has 0 aliphatic carbocycles. The first-order valence-corrected chi connectivity index (χ1v) is 8.59. The van der Waals surface area contributed by atoms with Crippen molar-refractivity contribution in [1.82, 2.24) is 15.1 Å². The lowest BCUT2D eigenvalue weighted by atomic mass is 10.0. The molecule has 1 fully saturated rings. The monoisotopic (exact) mass is 359 g/mol. The summed E-state index contributed by atoms with van der Waals surface area (Å²) in [6, 6.07) is 0.252. The molecular formula is C15H26BrN3O2. The summed E-state index contributed by atoms with van der Waals surface area (Å²) in [5.74, 6) is 0. The lowest BCUT2D eigenvalue weighted by Crippen LogP contribution is -2.48. The molecule has 0 aromatic carbocycles. The maximum Gasteiger partial charge on any atom is 0.0965 e. The molecule has 5 nitrogen and oxygen atoms in total. The first-order valence-electron chi connectivity index (χ1n) is 7.80. The van der Waals surface area contributed by atoms with E-state index in [2.05, 4.69) is 40.2 Å². The van der Waals surface area contributed by atoms with Gasteiger partial charge in [-0.3, -0.25) is 4.68 Å². The molecule has 1 aromatic heterocycles. The molecule has 1 N–H and O–H groups in total. The van der Waals surface area contributed by atoms with Crippen LogP contribution in [0.5, 0.6) is 0 Å². The summed E-state index contributed by atoms with van der Waals surface area (Å²) in [5, 5.41) is 8.18. The second kappa shape index (κ2) is 8.27. The number of rotatable bonds is 7. The van der Waals surface area contributed by atoms with Gasteiger partial charge in [-0.25, -0.2) is 0 Å². The van der Waals surface area contributed by atoms with E-state index in [-0.39, 0.29) is 12.1 Å². The third-order valence-corrected chi connectivity index (χ3v) is 4.78. The molecule has 1 aromatic rings. The number of hydrogen-bond donors (Lipinski definition) is 1. The molecule has 0 radical (unpaired) electrons. The van der Waals surface area contributed by atoms with Gasteiger partial charge in [0.05, 0.1) is 41.8 Å². The van der Waals surface area contributed by atoms with Crippen molar-refractivity contribution in [3.63, 3.8) is 0 Å². The highest BCUT2D eigenvalue weighted by molar-refractivity contribution is 9.10. The number of aryl methyl sites for hydroxylation is 2. The van der Waals surface area contributed by atoms with Gasteiger partial charge in [0, 0.05) is 19.5 Å². The van der Waals surface area contributed by atoms with E-state index in [1.165, 1.54) is 5.69 Å². The second-order valence-corrected chi connectivity index (χ2v) is 6.23. The molecule has 0 amide bonds. The highest BCUT2D eigenvalue weighted by Gasteiger charge is 2.27. The zero-order valence-electron chi connectivity index (χ0n) is 13.2. The van der Waals surface area contributed by atoms with Crippen LogP contribution in [0.4, 0.5) is 0 Å². The fourth-order valence-electron chi connectivity index (χ4n) is 2.65. The third kappa shape index (κ3) is 4.28. The van der Waals surface area contributed by atoms with E-state index in [9.17, 15) is 0 Å². The van der Waals surface area contributed by atoms with E-state index < -0.39 is 0 Å². The largest absolute Gasteiger partial charge is 0.376 e. The molecule has 120 valence electrons. The Bertz CT molecular complexity index is 444. The molecule has 2 atom stereocenters. The second-order valence-electron chi connectivity index (χ2n) is 5.43.